The van der Waals surface area contributed by atoms with Gasteiger partial charge in [0, 0.05) is 12.2 Å². The summed E-state index contributed by atoms with van der Waals surface area (Å²) in [4.78, 5) is 0. The van der Waals surface area contributed by atoms with Gasteiger partial charge in [0.15, 0.2) is 11.6 Å². The van der Waals surface area contributed by atoms with Crippen LogP contribution in [0.3, 0.4) is 0 Å². The molecule has 0 saturated heterocycles. The molecule has 1 atom stereocenters. The fourth-order valence-corrected chi connectivity index (χ4v) is 1.93. The van der Waals surface area contributed by atoms with E-state index in [1.165, 1.54) is 25.3 Å². The first-order chi connectivity index (χ1) is 9.63. The normalized spacial score (nSPS) is 12.0. The molecule has 5 heteroatoms. The maximum absolute atomic E-state index is 13.7. The largest absolute Gasteiger partial charge is 0.494 e. The van der Waals surface area contributed by atoms with Crippen LogP contribution in [0, 0.1) is 11.6 Å². The third-order valence-corrected chi connectivity index (χ3v) is 3.00. The molecule has 106 valence electrons. The Labute approximate surface area is 116 Å². The third kappa shape index (κ3) is 3.24. The molecule has 2 rings (SSSR count). The van der Waals surface area contributed by atoms with E-state index >= 15 is 0 Å². The van der Waals surface area contributed by atoms with Gasteiger partial charge in [-0.1, -0.05) is 6.07 Å². The number of rotatable bonds is 5. The zero-order chi connectivity index (χ0) is 14.5. The molecule has 0 heterocycles. The second kappa shape index (κ2) is 6.34. The van der Waals surface area contributed by atoms with E-state index in [1.807, 2.05) is 0 Å². The van der Waals surface area contributed by atoms with Crippen LogP contribution in [0.15, 0.2) is 42.5 Å². The lowest BCUT2D eigenvalue weighted by Crippen LogP contribution is -2.20. The molecule has 3 nitrogen and oxygen atoms in total. The maximum Gasteiger partial charge on any atom is 0.165 e. The molecule has 2 aromatic rings. The van der Waals surface area contributed by atoms with Crippen molar-refractivity contribution in [3.8, 4) is 5.75 Å². The Hall–Kier alpha value is -2.14. The Balaban J connectivity index is 2.19. The van der Waals surface area contributed by atoms with Crippen LogP contribution in [0.5, 0.6) is 5.75 Å². The predicted molar refractivity (Wildman–Crippen MR) is 74.8 cm³/mol. The minimum Gasteiger partial charge on any atom is -0.494 e. The minimum absolute atomic E-state index is 0.186. The van der Waals surface area contributed by atoms with E-state index in [9.17, 15) is 8.78 Å². The number of nitrogens with one attached hydrogen (secondary N) is 1. The monoisotopic (exact) mass is 278 g/mol. The van der Waals surface area contributed by atoms with Gasteiger partial charge in [-0.25, -0.2) is 8.78 Å². The molecule has 2 aromatic carbocycles. The van der Waals surface area contributed by atoms with Gasteiger partial charge in [-0.3, -0.25) is 0 Å². The molecule has 0 spiro atoms. The van der Waals surface area contributed by atoms with Gasteiger partial charge in [0.05, 0.1) is 13.2 Å². The van der Waals surface area contributed by atoms with Crippen LogP contribution < -0.4 is 15.8 Å². The van der Waals surface area contributed by atoms with Crippen molar-refractivity contribution in [3.63, 3.8) is 0 Å². The Morgan fingerprint density at radius 1 is 1.15 bits per heavy atom. The summed E-state index contributed by atoms with van der Waals surface area (Å²) in [6.45, 7) is 0.281. The van der Waals surface area contributed by atoms with E-state index in [-0.39, 0.29) is 24.2 Å². The van der Waals surface area contributed by atoms with Crippen LogP contribution in [0.4, 0.5) is 14.5 Å². The Kier molecular flexibility index (Phi) is 4.53. The van der Waals surface area contributed by atoms with Crippen molar-refractivity contribution in [1.29, 1.82) is 0 Å². The lowest BCUT2D eigenvalue weighted by atomic mass is 10.1. The molecule has 0 aliphatic rings. The molecule has 0 aliphatic heterocycles. The summed E-state index contributed by atoms with van der Waals surface area (Å²) in [6.07, 6.45) is 0. The Morgan fingerprint density at radius 3 is 2.40 bits per heavy atom. The number of methoxy groups -OCH3 is 1. The summed E-state index contributed by atoms with van der Waals surface area (Å²) in [5, 5.41) is 3.14. The van der Waals surface area contributed by atoms with Crippen LogP contribution in [0.2, 0.25) is 0 Å². The molecule has 20 heavy (non-hydrogen) atoms. The van der Waals surface area contributed by atoms with Gasteiger partial charge in [0.25, 0.3) is 0 Å². The Bertz CT molecular complexity index is 573. The molecule has 0 amide bonds. The van der Waals surface area contributed by atoms with Crippen molar-refractivity contribution < 1.29 is 13.5 Å². The van der Waals surface area contributed by atoms with Crippen LogP contribution in [-0.2, 0) is 0 Å². The summed E-state index contributed by atoms with van der Waals surface area (Å²) in [6, 6.07) is 10.3. The number of nitrogens with two attached hydrogens (primary N) is 1. The minimum atomic E-state index is -0.440. The highest BCUT2D eigenvalue weighted by molar-refractivity contribution is 5.46. The first-order valence-electron chi connectivity index (χ1n) is 6.19. The number of hydrogen-bond donors (Lipinski definition) is 2. The lowest BCUT2D eigenvalue weighted by molar-refractivity contribution is 0.386. The van der Waals surface area contributed by atoms with Crippen molar-refractivity contribution in [2.24, 2.45) is 5.73 Å². The van der Waals surface area contributed by atoms with Gasteiger partial charge in [0.2, 0.25) is 0 Å². The first-order valence-corrected chi connectivity index (χ1v) is 6.19. The summed E-state index contributed by atoms with van der Waals surface area (Å²) < 4.78 is 31.4. The van der Waals surface area contributed by atoms with Gasteiger partial charge in [-0.05, 0) is 42.0 Å². The quantitative estimate of drug-likeness (QED) is 0.883. The topological polar surface area (TPSA) is 47.3 Å². The summed E-state index contributed by atoms with van der Waals surface area (Å²) in [5.41, 5.74) is 7.14. The third-order valence-electron chi connectivity index (χ3n) is 3.00. The second-order valence-corrected chi connectivity index (χ2v) is 4.33. The highest BCUT2D eigenvalue weighted by Gasteiger charge is 2.12. The van der Waals surface area contributed by atoms with E-state index in [1.54, 1.807) is 24.3 Å². The summed E-state index contributed by atoms with van der Waals surface area (Å²) in [5.74, 6) is -0.564. The van der Waals surface area contributed by atoms with E-state index in [0.717, 1.165) is 5.69 Å². The molecule has 0 radical (unpaired) electrons. The van der Waals surface area contributed by atoms with E-state index < -0.39 is 5.82 Å². The van der Waals surface area contributed by atoms with Crippen molar-refractivity contribution in [3.05, 3.63) is 59.7 Å². The van der Waals surface area contributed by atoms with Crippen molar-refractivity contribution in [1.82, 2.24) is 0 Å². The highest BCUT2D eigenvalue weighted by atomic mass is 19.1. The van der Waals surface area contributed by atoms with Crippen molar-refractivity contribution in [2.75, 3.05) is 19.0 Å². The summed E-state index contributed by atoms with van der Waals surface area (Å²) >= 11 is 0. The fourth-order valence-electron chi connectivity index (χ4n) is 1.93. The van der Waals surface area contributed by atoms with Crippen LogP contribution in [0.25, 0.3) is 0 Å². The van der Waals surface area contributed by atoms with Gasteiger partial charge in [-0.2, -0.15) is 0 Å². The Morgan fingerprint density at radius 2 is 1.85 bits per heavy atom. The first kappa shape index (κ1) is 14.3. The molecule has 3 N–H and O–H groups in total. The van der Waals surface area contributed by atoms with Gasteiger partial charge >= 0.3 is 0 Å². The van der Waals surface area contributed by atoms with E-state index in [2.05, 4.69) is 5.32 Å². The van der Waals surface area contributed by atoms with Crippen molar-refractivity contribution >= 4 is 5.69 Å². The molecule has 0 bridgehead atoms. The molecule has 0 saturated carbocycles. The van der Waals surface area contributed by atoms with E-state index in [0.29, 0.717) is 5.56 Å². The number of ether oxygens (including phenoxy) is 1. The SMILES string of the molecule is COc1ccc(C(CN)Nc2ccc(F)cc2)cc1F. The second-order valence-electron chi connectivity index (χ2n) is 4.33. The molecule has 0 fully saturated rings. The fraction of sp³-hybridized carbons (Fsp3) is 0.200. The zero-order valence-corrected chi connectivity index (χ0v) is 11.1. The number of hydrogen-bond acceptors (Lipinski definition) is 3. The van der Waals surface area contributed by atoms with Crippen LogP contribution in [-0.4, -0.2) is 13.7 Å². The van der Waals surface area contributed by atoms with Gasteiger partial charge < -0.3 is 15.8 Å². The predicted octanol–water partition coefficient (Wildman–Crippen LogP) is 3.09. The molecule has 1 unspecified atom stereocenters. The van der Waals surface area contributed by atoms with Gasteiger partial charge in [-0.15, -0.1) is 0 Å². The zero-order valence-electron chi connectivity index (χ0n) is 11.1. The van der Waals surface area contributed by atoms with Crippen LogP contribution in [0.1, 0.15) is 11.6 Å². The number of anilines is 1. The highest BCUT2D eigenvalue weighted by Crippen LogP contribution is 2.24. The van der Waals surface area contributed by atoms with Crippen molar-refractivity contribution in [2.45, 2.75) is 6.04 Å². The molecule has 0 aliphatic carbocycles. The molecular weight excluding hydrogens is 262 g/mol. The molecule has 0 aromatic heterocycles. The van der Waals surface area contributed by atoms with Gasteiger partial charge in [0.1, 0.15) is 5.82 Å². The average molecular weight is 278 g/mol. The lowest BCUT2D eigenvalue weighted by Gasteiger charge is -2.19. The summed E-state index contributed by atoms with van der Waals surface area (Å²) in [7, 11) is 1.41. The van der Waals surface area contributed by atoms with Crippen LogP contribution >= 0.6 is 0 Å². The van der Waals surface area contributed by atoms with E-state index in [4.69, 9.17) is 10.5 Å². The smallest absolute Gasteiger partial charge is 0.165 e. The standard InChI is InChI=1S/C15H16F2N2O/c1-20-15-7-2-10(8-13(15)17)14(9-18)19-12-5-3-11(16)4-6-12/h2-8,14,19H,9,18H2,1H3. The number of halogens is 2. The maximum atomic E-state index is 13.7. The number of benzene rings is 2. The molecular formula is C15H16F2N2O. The average Bonchev–Trinajstić information content (AvgIpc) is 2.46.